The summed E-state index contributed by atoms with van der Waals surface area (Å²) >= 11 is 0. The Kier molecular flexibility index (Phi) is 5.28. The van der Waals surface area contributed by atoms with Gasteiger partial charge in [0.05, 0.1) is 6.42 Å². The smallest absolute Gasteiger partial charge is 0.274 e. The van der Waals surface area contributed by atoms with Gasteiger partial charge in [0.25, 0.3) is 5.91 Å². The second kappa shape index (κ2) is 8.18. The number of aromatic amines is 1. The number of H-pyrrole nitrogens is 1. The number of fused-ring (bicyclic) bond motifs is 1. The maximum absolute atomic E-state index is 14.1. The Bertz CT molecular complexity index is 1230. The Balaban J connectivity index is 1.53. The van der Waals surface area contributed by atoms with Crippen LogP contribution in [0.25, 0.3) is 22.0 Å². The van der Waals surface area contributed by atoms with Gasteiger partial charge in [-0.15, -0.1) is 0 Å². The number of hydrogen-bond acceptors (Lipinski definition) is 3. The zero-order valence-electron chi connectivity index (χ0n) is 15.8. The van der Waals surface area contributed by atoms with Crippen molar-refractivity contribution in [1.82, 2.24) is 10.5 Å². The molecule has 4 rings (SSSR count). The van der Waals surface area contributed by atoms with Crippen LogP contribution in [0, 0.1) is 5.82 Å². The minimum absolute atomic E-state index is 0.125. The molecule has 0 bridgehead atoms. The van der Waals surface area contributed by atoms with Gasteiger partial charge in [0.15, 0.2) is 0 Å². The first-order valence-corrected chi connectivity index (χ1v) is 9.24. The topological polar surface area (TPSA) is 94.2 Å². The monoisotopic (exact) mass is 403 g/mol. The van der Waals surface area contributed by atoms with Crippen LogP contribution in [0.5, 0.6) is 0 Å². The second-order valence-corrected chi connectivity index (χ2v) is 6.80. The zero-order valence-corrected chi connectivity index (χ0v) is 15.8. The van der Waals surface area contributed by atoms with Gasteiger partial charge in [-0.05, 0) is 53.6 Å². The molecule has 0 saturated heterocycles. The molecule has 4 aromatic rings. The summed E-state index contributed by atoms with van der Waals surface area (Å²) in [4.78, 5) is 27.0. The highest BCUT2D eigenvalue weighted by Crippen LogP contribution is 2.28. The fourth-order valence-corrected chi connectivity index (χ4v) is 3.34. The van der Waals surface area contributed by atoms with Crippen LogP contribution in [-0.4, -0.2) is 22.0 Å². The van der Waals surface area contributed by atoms with Crippen molar-refractivity contribution in [3.8, 4) is 11.1 Å². The Morgan fingerprint density at radius 1 is 1.00 bits per heavy atom. The summed E-state index contributed by atoms with van der Waals surface area (Å²) in [5.74, 6) is -1.16. The van der Waals surface area contributed by atoms with Gasteiger partial charge in [-0.2, -0.15) is 0 Å². The van der Waals surface area contributed by atoms with E-state index in [4.69, 9.17) is 5.21 Å². The molecule has 0 saturated carbocycles. The lowest BCUT2D eigenvalue weighted by molar-refractivity contribution is -0.115. The predicted octanol–water partition coefficient (Wildman–Crippen LogP) is 4.27. The molecule has 0 radical (unpaired) electrons. The summed E-state index contributed by atoms with van der Waals surface area (Å²) in [7, 11) is 0. The number of hydrogen-bond donors (Lipinski definition) is 4. The number of benzene rings is 3. The van der Waals surface area contributed by atoms with Gasteiger partial charge in [0, 0.05) is 33.9 Å². The van der Waals surface area contributed by atoms with Gasteiger partial charge in [0.2, 0.25) is 5.91 Å². The van der Waals surface area contributed by atoms with Crippen LogP contribution in [0.15, 0.2) is 72.9 Å². The molecule has 0 unspecified atom stereocenters. The molecule has 3 aromatic carbocycles. The number of aromatic nitrogens is 1. The maximum atomic E-state index is 14.1. The predicted molar refractivity (Wildman–Crippen MR) is 112 cm³/mol. The van der Waals surface area contributed by atoms with Crippen molar-refractivity contribution in [2.45, 2.75) is 6.42 Å². The molecule has 1 heterocycles. The lowest BCUT2D eigenvalue weighted by Gasteiger charge is -2.07. The van der Waals surface area contributed by atoms with Crippen LogP contribution in [0.1, 0.15) is 15.9 Å². The van der Waals surface area contributed by atoms with Gasteiger partial charge in [0.1, 0.15) is 5.82 Å². The Morgan fingerprint density at radius 3 is 2.50 bits per heavy atom. The summed E-state index contributed by atoms with van der Waals surface area (Å²) in [5.41, 5.74) is 5.24. The standard InChI is InChI=1S/C23H18FN3O3/c24-20-4-2-1-3-18(20)15-7-10-21-19(11-15)16(13-25-21)12-22(28)26-17-8-5-14(6-9-17)23(29)27-30/h1-11,13,25,30H,12H2,(H,26,28)(H,27,29). The first kappa shape index (κ1) is 19.4. The van der Waals surface area contributed by atoms with Crippen molar-refractivity contribution >= 4 is 28.4 Å². The van der Waals surface area contributed by atoms with E-state index in [1.54, 1.807) is 42.0 Å². The van der Waals surface area contributed by atoms with Crippen molar-refractivity contribution in [1.29, 1.82) is 0 Å². The molecule has 30 heavy (non-hydrogen) atoms. The van der Waals surface area contributed by atoms with Crippen LogP contribution in [0.4, 0.5) is 10.1 Å². The molecule has 6 nitrogen and oxygen atoms in total. The first-order chi connectivity index (χ1) is 14.5. The number of carbonyl (C=O) groups is 2. The minimum atomic E-state index is -0.627. The van der Waals surface area contributed by atoms with Crippen LogP contribution in [0.3, 0.4) is 0 Å². The van der Waals surface area contributed by atoms with Gasteiger partial charge in [-0.25, -0.2) is 9.87 Å². The molecule has 7 heteroatoms. The second-order valence-electron chi connectivity index (χ2n) is 6.80. The molecule has 0 aliphatic carbocycles. The molecule has 4 N–H and O–H groups in total. The third-order valence-corrected chi connectivity index (χ3v) is 4.84. The summed E-state index contributed by atoms with van der Waals surface area (Å²) in [6, 6.07) is 18.3. The Labute approximate surface area is 171 Å². The van der Waals surface area contributed by atoms with Crippen LogP contribution < -0.4 is 10.8 Å². The molecule has 0 atom stereocenters. The first-order valence-electron chi connectivity index (χ1n) is 9.24. The number of nitrogens with one attached hydrogen (secondary N) is 3. The van der Waals surface area contributed by atoms with Crippen LogP contribution >= 0.6 is 0 Å². The third kappa shape index (κ3) is 3.92. The molecular formula is C23H18FN3O3. The number of rotatable bonds is 5. The number of carbonyl (C=O) groups excluding carboxylic acids is 2. The summed E-state index contributed by atoms with van der Waals surface area (Å²) in [6.45, 7) is 0. The normalized spacial score (nSPS) is 10.7. The van der Waals surface area contributed by atoms with E-state index < -0.39 is 5.91 Å². The van der Waals surface area contributed by atoms with E-state index >= 15 is 0 Å². The molecule has 1 aromatic heterocycles. The highest BCUT2D eigenvalue weighted by atomic mass is 19.1. The van der Waals surface area contributed by atoms with E-state index in [0.717, 1.165) is 22.0 Å². The van der Waals surface area contributed by atoms with Crippen molar-refractivity contribution < 1.29 is 19.2 Å². The Hall–Kier alpha value is -3.97. The van der Waals surface area contributed by atoms with Crippen molar-refractivity contribution in [2.24, 2.45) is 0 Å². The summed E-state index contributed by atoms with van der Waals surface area (Å²) in [6.07, 6.45) is 1.89. The van der Waals surface area contributed by atoms with Crippen molar-refractivity contribution in [3.05, 3.63) is 89.9 Å². The fourth-order valence-electron chi connectivity index (χ4n) is 3.34. The van der Waals surface area contributed by atoms with Crippen LogP contribution in [0.2, 0.25) is 0 Å². The van der Waals surface area contributed by atoms with E-state index in [-0.39, 0.29) is 23.7 Å². The summed E-state index contributed by atoms with van der Waals surface area (Å²) in [5, 5.41) is 12.3. The van der Waals surface area contributed by atoms with Crippen LogP contribution in [-0.2, 0) is 11.2 Å². The molecule has 0 aliphatic rings. The molecule has 0 aliphatic heterocycles. The zero-order chi connectivity index (χ0) is 21.1. The van der Waals surface area contributed by atoms with E-state index in [1.807, 2.05) is 18.2 Å². The quantitative estimate of drug-likeness (QED) is 0.296. The molecular weight excluding hydrogens is 385 g/mol. The highest BCUT2D eigenvalue weighted by Gasteiger charge is 2.12. The average molecular weight is 403 g/mol. The number of hydroxylamine groups is 1. The SMILES string of the molecule is O=C(Cc1c[nH]c2ccc(-c3ccccc3F)cc12)Nc1ccc(C(=O)NO)cc1. The number of anilines is 1. The third-order valence-electron chi connectivity index (χ3n) is 4.84. The number of halogens is 1. The van der Waals surface area contributed by atoms with Gasteiger partial charge in [-0.3, -0.25) is 14.8 Å². The lowest BCUT2D eigenvalue weighted by atomic mass is 10.0. The van der Waals surface area contributed by atoms with Gasteiger partial charge < -0.3 is 10.3 Å². The molecule has 0 fully saturated rings. The van der Waals surface area contributed by atoms with E-state index in [9.17, 15) is 14.0 Å². The fraction of sp³-hybridized carbons (Fsp3) is 0.0435. The van der Waals surface area contributed by atoms with Gasteiger partial charge >= 0.3 is 0 Å². The largest absolute Gasteiger partial charge is 0.361 e. The summed E-state index contributed by atoms with van der Waals surface area (Å²) < 4.78 is 14.1. The van der Waals surface area contributed by atoms with E-state index in [2.05, 4.69) is 10.3 Å². The van der Waals surface area contributed by atoms with E-state index in [1.165, 1.54) is 18.2 Å². The van der Waals surface area contributed by atoms with Gasteiger partial charge in [-0.1, -0.05) is 24.3 Å². The maximum Gasteiger partial charge on any atom is 0.274 e. The van der Waals surface area contributed by atoms with Crippen molar-refractivity contribution in [3.63, 3.8) is 0 Å². The highest BCUT2D eigenvalue weighted by molar-refractivity contribution is 5.98. The number of amides is 2. The Morgan fingerprint density at radius 2 is 1.77 bits per heavy atom. The van der Waals surface area contributed by atoms with E-state index in [0.29, 0.717) is 11.3 Å². The molecule has 150 valence electrons. The van der Waals surface area contributed by atoms with Crippen molar-refractivity contribution in [2.75, 3.05) is 5.32 Å². The lowest BCUT2D eigenvalue weighted by Crippen LogP contribution is -2.18. The molecule has 0 spiro atoms. The average Bonchev–Trinajstić information content (AvgIpc) is 3.16. The molecule has 2 amide bonds. The minimum Gasteiger partial charge on any atom is -0.361 e.